The number of hydrogen-bond donors (Lipinski definition) is 3. The van der Waals surface area contributed by atoms with Crippen LogP contribution >= 0.6 is 0 Å². The summed E-state index contributed by atoms with van der Waals surface area (Å²) in [6.07, 6.45) is 0. The Morgan fingerprint density at radius 2 is 2.31 bits per heavy atom. The first-order valence-corrected chi connectivity index (χ1v) is 3.71. The van der Waals surface area contributed by atoms with E-state index in [9.17, 15) is 4.79 Å². The largest absolute Gasteiger partial charge is 0.454 e. The third-order valence-corrected chi connectivity index (χ3v) is 1.45. The highest BCUT2D eigenvalue weighted by atomic mass is 16.4. The van der Waals surface area contributed by atoms with E-state index < -0.39 is 0 Å². The quantitative estimate of drug-likeness (QED) is 0.421. The minimum absolute atomic E-state index is 0.249. The predicted molar refractivity (Wildman–Crippen MR) is 46.0 cm³/mol. The molecule has 0 saturated carbocycles. The predicted octanol–water partition coefficient (Wildman–Crippen LogP) is -0.811. The van der Waals surface area contributed by atoms with Crippen molar-refractivity contribution in [2.45, 2.75) is 6.54 Å². The highest BCUT2D eigenvalue weighted by Gasteiger charge is 2.09. The second-order valence-corrected chi connectivity index (χ2v) is 2.52. The average Bonchev–Trinajstić information content (AvgIpc) is 2.50. The van der Waals surface area contributed by atoms with Gasteiger partial charge in [0.1, 0.15) is 5.76 Å². The van der Waals surface area contributed by atoms with Crippen molar-refractivity contribution in [3.05, 3.63) is 23.7 Å². The number of hydrazine groups is 2. The van der Waals surface area contributed by atoms with E-state index >= 15 is 0 Å². The van der Waals surface area contributed by atoms with E-state index in [0.717, 1.165) is 5.12 Å². The maximum atomic E-state index is 11.0. The Hall–Kier alpha value is -1.37. The fourth-order valence-corrected chi connectivity index (χ4v) is 0.888. The number of amides is 1. The molecule has 0 spiro atoms. The third kappa shape index (κ3) is 2.55. The summed E-state index contributed by atoms with van der Waals surface area (Å²) >= 11 is 0. The van der Waals surface area contributed by atoms with Crippen LogP contribution in [-0.4, -0.2) is 18.1 Å². The van der Waals surface area contributed by atoms with Crippen molar-refractivity contribution in [3.63, 3.8) is 0 Å². The summed E-state index contributed by atoms with van der Waals surface area (Å²) in [4.78, 5) is 11.0. The molecule has 1 rings (SSSR count). The second kappa shape index (κ2) is 4.04. The van der Waals surface area contributed by atoms with Gasteiger partial charge in [-0.3, -0.25) is 16.5 Å². The van der Waals surface area contributed by atoms with Crippen LogP contribution in [0, 0.1) is 0 Å². The zero-order valence-electron chi connectivity index (χ0n) is 7.28. The summed E-state index contributed by atoms with van der Waals surface area (Å²) in [5, 5.41) is 3.42. The molecule has 1 amide bonds. The molecule has 0 fully saturated rings. The van der Waals surface area contributed by atoms with Crippen LogP contribution in [-0.2, 0) is 6.54 Å². The molecule has 1 aromatic heterocycles. The molecule has 6 nitrogen and oxygen atoms in total. The van der Waals surface area contributed by atoms with Crippen molar-refractivity contribution in [3.8, 4) is 0 Å². The van der Waals surface area contributed by atoms with Crippen LogP contribution in [0.3, 0.4) is 0 Å². The molecule has 0 atom stereocenters. The molecule has 1 aromatic rings. The van der Waals surface area contributed by atoms with Gasteiger partial charge in [-0.2, -0.15) is 5.12 Å². The lowest BCUT2D eigenvalue weighted by molar-refractivity contribution is 0.0931. The number of carbonyl (C=O) groups is 1. The van der Waals surface area contributed by atoms with Crippen molar-refractivity contribution in [1.29, 1.82) is 0 Å². The molecule has 1 heterocycles. The summed E-state index contributed by atoms with van der Waals surface area (Å²) in [5.74, 6) is 10.9. The molecule has 0 bridgehead atoms. The lowest BCUT2D eigenvalue weighted by Gasteiger charge is -2.05. The van der Waals surface area contributed by atoms with E-state index in [2.05, 4.69) is 5.32 Å². The van der Waals surface area contributed by atoms with Gasteiger partial charge in [-0.05, 0) is 12.1 Å². The van der Waals surface area contributed by atoms with Crippen molar-refractivity contribution >= 4 is 5.91 Å². The number of furan rings is 1. The Morgan fingerprint density at radius 3 is 2.85 bits per heavy atom. The van der Waals surface area contributed by atoms with Gasteiger partial charge in [0.15, 0.2) is 5.76 Å². The summed E-state index contributed by atoms with van der Waals surface area (Å²) < 4.78 is 5.13. The van der Waals surface area contributed by atoms with E-state index in [-0.39, 0.29) is 18.2 Å². The Balaban J connectivity index is 2.69. The first-order valence-electron chi connectivity index (χ1n) is 3.71. The molecule has 0 aromatic carbocycles. The molecule has 0 radical (unpaired) electrons. The lowest BCUT2D eigenvalue weighted by Crippen LogP contribution is -2.36. The molecule has 0 aliphatic heterocycles. The zero-order valence-corrected chi connectivity index (χ0v) is 7.28. The Kier molecular flexibility index (Phi) is 3.02. The topological polar surface area (TPSA) is 97.5 Å². The van der Waals surface area contributed by atoms with Crippen molar-refractivity contribution < 1.29 is 9.21 Å². The van der Waals surface area contributed by atoms with Crippen LogP contribution in [0.2, 0.25) is 0 Å². The van der Waals surface area contributed by atoms with Gasteiger partial charge in [0.2, 0.25) is 0 Å². The number of nitrogens with two attached hydrogens (primary N) is 2. The van der Waals surface area contributed by atoms with Crippen molar-refractivity contribution in [2.24, 2.45) is 11.7 Å². The third-order valence-electron chi connectivity index (χ3n) is 1.45. The fraction of sp³-hybridized carbons (Fsp3) is 0.286. The number of nitrogens with zero attached hydrogens (tertiary/aromatic N) is 1. The maximum absolute atomic E-state index is 11.0. The average molecular weight is 184 g/mol. The Bertz CT molecular complexity index is 294. The van der Waals surface area contributed by atoms with Gasteiger partial charge in [-0.1, -0.05) is 0 Å². The lowest BCUT2D eigenvalue weighted by atomic mass is 10.4. The maximum Gasteiger partial charge on any atom is 0.286 e. The van der Waals surface area contributed by atoms with Crippen LogP contribution in [0.15, 0.2) is 16.5 Å². The summed E-state index contributed by atoms with van der Waals surface area (Å²) in [7, 11) is 1.53. The molecule has 6 heteroatoms. The van der Waals surface area contributed by atoms with Crippen molar-refractivity contribution in [1.82, 2.24) is 10.4 Å². The fourth-order valence-electron chi connectivity index (χ4n) is 0.888. The van der Waals surface area contributed by atoms with E-state index in [1.807, 2.05) is 0 Å². The summed E-state index contributed by atoms with van der Waals surface area (Å²) in [6, 6.07) is 3.22. The Morgan fingerprint density at radius 1 is 1.62 bits per heavy atom. The molecule has 0 aliphatic carbocycles. The molecule has 0 unspecified atom stereocenters. The van der Waals surface area contributed by atoms with Gasteiger partial charge in [-0.15, -0.1) is 0 Å². The van der Waals surface area contributed by atoms with Gasteiger partial charge in [0, 0.05) is 7.05 Å². The number of nitrogens with one attached hydrogen (secondary N) is 1. The van der Waals surface area contributed by atoms with Gasteiger partial charge < -0.3 is 9.73 Å². The number of hydrogen-bond acceptors (Lipinski definition) is 5. The van der Waals surface area contributed by atoms with E-state index in [0.29, 0.717) is 5.76 Å². The monoisotopic (exact) mass is 184 g/mol. The smallest absolute Gasteiger partial charge is 0.286 e. The van der Waals surface area contributed by atoms with Crippen LogP contribution in [0.25, 0.3) is 0 Å². The summed E-state index contributed by atoms with van der Waals surface area (Å²) in [6.45, 7) is 0.261. The first kappa shape index (κ1) is 9.72. The molecule has 72 valence electrons. The SMILES string of the molecule is CNC(=O)c1ccc(CN(N)N)o1. The van der Waals surface area contributed by atoms with Crippen LogP contribution in [0.1, 0.15) is 16.3 Å². The minimum atomic E-state index is -0.271. The van der Waals surface area contributed by atoms with Crippen LogP contribution in [0.4, 0.5) is 0 Å². The van der Waals surface area contributed by atoms with Crippen LogP contribution in [0.5, 0.6) is 0 Å². The van der Waals surface area contributed by atoms with E-state index in [4.69, 9.17) is 16.1 Å². The molecule has 0 saturated heterocycles. The van der Waals surface area contributed by atoms with E-state index in [1.165, 1.54) is 7.05 Å². The van der Waals surface area contributed by atoms with Gasteiger partial charge in [-0.25, -0.2) is 0 Å². The number of rotatable bonds is 3. The Labute approximate surface area is 75.4 Å². The highest BCUT2D eigenvalue weighted by molar-refractivity contribution is 5.91. The standard InChI is InChI=1S/C7H12N4O2/c1-10-7(12)6-3-2-5(13-6)4-11(8)9/h2-3H,4,8-9H2,1H3,(H,10,12). The molecule has 13 heavy (non-hydrogen) atoms. The molecular weight excluding hydrogens is 172 g/mol. The van der Waals surface area contributed by atoms with E-state index in [1.54, 1.807) is 12.1 Å². The number of carbonyl (C=O) groups excluding carboxylic acids is 1. The van der Waals surface area contributed by atoms with Gasteiger partial charge in [0.05, 0.1) is 6.54 Å². The molecular formula is C7H12N4O2. The first-order chi connectivity index (χ1) is 6.13. The highest BCUT2D eigenvalue weighted by Crippen LogP contribution is 2.07. The zero-order chi connectivity index (χ0) is 9.84. The molecule has 0 aliphatic rings. The normalized spacial score (nSPS) is 10.5. The van der Waals surface area contributed by atoms with Gasteiger partial charge >= 0.3 is 0 Å². The summed E-state index contributed by atoms with van der Waals surface area (Å²) in [5.41, 5.74) is 0. The molecule has 5 N–H and O–H groups in total. The van der Waals surface area contributed by atoms with Crippen molar-refractivity contribution in [2.75, 3.05) is 7.05 Å². The second-order valence-electron chi connectivity index (χ2n) is 2.52. The minimum Gasteiger partial charge on any atom is -0.454 e. The van der Waals surface area contributed by atoms with Gasteiger partial charge in [0.25, 0.3) is 5.91 Å². The van der Waals surface area contributed by atoms with Crippen LogP contribution < -0.4 is 17.0 Å².